The summed E-state index contributed by atoms with van der Waals surface area (Å²) < 4.78 is 1.89. The van der Waals surface area contributed by atoms with Gasteiger partial charge in [0.15, 0.2) is 5.16 Å². The van der Waals surface area contributed by atoms with Crippen molar-refractivity contribution < 1.29 is 5.11 Å². The molecule has 0 aliphatic carbocycles. The fourth-order valence-corrected chi connectivity index (χ4v) is 1.77. The van der Waals surface area contributed by atoms with Crippen molar-refractivity contribution in [1.82, 2.24) is 14.8 Å². The minimum Gasteiger partial charge on any atom is -0.388 e. The highest BCUT2D eigenvalue weighted by atomic mass is 32.2. The summed E-state index contributed by atoms with van der Waals surface area (Å²) in [7, 11) is 1.90. The van der Waals surface area contributed by atoms with Gasteiger partial charge >= 0.3 is 0 Å². The van der Waals surface area contributed by atoms with E-state index >= 15 is 0 Å². The smallest absolute Gasteiger partial charge is 0.191 e. The SMILES string of the molecule is Cc1nnc(SCC(C)(O)CN)n1C. The van der Waals surface area contributed by atoms with Crippen LogP contribution in [0.3, 0.4) is 0 Å². The van der Waals surface area contributed by atoms with Crippen molar-refractivity contribution in [3.63, 3.8) is 0 Å². The monoisotopic (exact) mass is 216 g/mol. The lowest BCUT2D eigenvalue weighted by Gasteiger charge is -2.19. The van der Waals surface area contributed by atoms with Crippen LogP contribution in [0.5, 0.6) is 0 Å². The zero-order valence-electron chi connectivity index (χ0n) is 8.69. The summed E-state index contributed by atoms with van der Waals surface area (Å²) in [6, 6.07) is 0. The van der Waals surface area contributed by atoms with Gasteiger partial charge in [-0.2, -0.15) is 0 Å². The molecule has 1 aromatic rings. The van der Waals surface area contributed by atoms with Crippen molar-refractivity contribution in [3.8, 4) is 0 Å². The van der Waals surface area contributed by atoms with E-state index in [0.29, 0.717) is 5.75 Å². The van der Waals surface area contributed by atoms with E-state index < -0.39 is 5.60 Å². The van der Waals surface area contributed by atoms with Gasteiger partial charge in [0.05, 0.1) is 5.60 Å². The van der Waals surface area contributed by atoms with Crippen LogP contribution in [0.25, 0.3) is 0 Å². The molecular weight excluding hydrogens is 200 g/mol. The molecule has 0 aliphatic heterocycles. The van der Waals surface area contributed by atoms with Gasteiger partial charge in [-0.1, -0.05) is 11.8 Å². The van der Waals surface area contributed by atoms with Crippen molar-refractivity contribution in [3.05, 3.63) is 5.82 Å². The van der Waals surface area contributed by atoms with Crippen LogP contribution < -0.4 is 5.73 Å². The Morgan fingerprint density at radius 1 is 1.57 bits per heavy atom. The number of aryl methyl sites for hydroxylation is 1. The Hall–Kier alpha value is -0.590. The van der Waals surface area contributed by atoms with Crippen molar-refractivity contribution in [1.29, 1.82) is 0 Å². The van der Waals surface area contributed by atoms with E-state index in [1.54, 1.807) is 6.92 Å². The zero-order chi connectivity index (χ0) is 10.8. The summed E-state index contributed by atoms with van der Waals surface area (Å²) in [4.78, 5) is 0. The normalized spacial score (nSPS) is 15.5. The number of hydrogen-bond donors (Lipinski definition) is 2. The number of nitrogens with two attached hydrogens (primary N) is 1. The number of nitrogens with zero attached hydrogens (tertiary/aromatic N) is 3. The predicted octanol–water partition coefficient (Wildman–Crippen LogP) is -0.0747. The Balaban J connectivity index is 2.58. The third-order valence-electron chi connectivity index (χ3n) is 2.00. The van der Waals surface area contributed by atoms with Gasteiger partial charge in [0, 0.05) is 19.3 Å². The fourth-order valence-electron chi connectivity index (χ4n) is 0.792. The Bertz CT molecular complexity index is 310. The van der Waals surface area contributed by atoms with Gasteiger partial charge < -0.3 is 15.4 Å². The van der Waals surface area contributed by atoms with Gasteiger partial charge in [0.25, 0.3) is 0 Å². The summed E-state index contributed by atoms with van der Waals surface area (Å²) in [5.41, 5.74) is 4.56. The van der Waals surface area contributed by atoms with E-state index in [9.17, 15) is 5.11 Å². The van der Waals surface area contributed by atoms with Gasteiger partial charge in [-0.3, -0.25) is 0 Å². The average molecular weight is 216 g/mol. The van der Waals surface area contributed by atoms with Gasteiger partial charge in [0.2, 0.25) is 0 Å². The number of thioether (sulfide) groups is 1. The molecule has 0 spiro atoms. The second kappa shape index (κ2) is 4.29. The summed E-state index contributed by atoms with van der Waals surface area (Å²) in [6.45, 7) is 3.85. The highest BCUT2D eigenvalue weighted by Crippen LogP contribution is 2.20. The standard InChI is InChI=1S/C8H16N4OS/c1-6-10-11-7(12(6)3)14-5-8(2,13)4-9/h13H,4-5,9H2,1-3H3. The molecule has 6 heteroatoms. The second-order valence-electron chi connectivity index (χ2n) is 3.58. The molecule has 14 heavy (non-hydrogen) atoms. The van der Waals surface area contributed by atoms with Crippen LogP contribution in [-0.2, 0) is 7.05 Å². The molecule has 80 valence electrons. The largest absolute Gasteiger partial charge is 0.388 e. The fraction of sp³-hybridized carbons (Fsp3) is 0.750. The summed E-state index contributed by atoms with van der Waals surface area (Å²) in [5, 5.41) is 18.4. The maximum atomic E-state index is 9.68. The van der Waals surface area contributed by atoms with Gasteiger partial charge in [-0.05, 0) is 13.8 Å². The predicted molar refractivity (Wildman–Crippen MR) is 56.1 cm³/mol. The zero-order valence-corrected chi connectivity index (χ0v) is 9.51. The molecule has 0 radical (unpaired) electrons. The molecule has 1 rings (SSSR count). The molecule has 3 N–H and O–H groups in total. The maximum absolute atomic E-state index is 9.68. The molecule has 5 nitrogen and oxygen atoms in total. The van der Waals surface area contributed by atoms with Crippen molar-refractivity contribution in [2.45, 2.75) is 24.6 Å². The van der Waals surface area contributed by atoms with E-state index in [1.807, 2.05) is 18.5 Å². The van der Waals surface area contributed by atoms with Crippen LogP contribution in [0.2, 0.25) is 0 Å². The molecule has 1 aromatic heterocycles. The van der Waals surface area contributed by atoms with E-state index in [2.05, 4.69) is 10.2 Å². The van der Waals surface area contributed by atoms with Crippen LogP contribution in [0, 0.1) is 6.92 Å². The van der Waals surface area contributed by atoms with Gasteiger partial charge in [0.1, 0.15) is 5.82 Å². The van der Waals surface area contributed by atoms with Gasteiger partial charge in [-0.25, -0.2) is 0 Å². The number of rotatable bonds is 4. The first kappa shape index (κ1) is 11.5. The van der Waals surface area contributed by atoms with E-state index in [0.717, 1.165) is 11.0 Å². The molecule has 0 fully saturated rings. The topological polar surface area (TPSA) is 77.0 Å². The maximum Gasteiger partial charge on any atom is 0.191 e. The summed E-state index contributed by atoms with van der Waals surface area (Å²) in [6.07, 6.45) is 0. The van der Waals surface area contributed by atoms with Crippen LogP contribution in [-0.4, -0.2) is 37.8 Å². The first-order valence-electron chi connectivity index (χ1n) is 4.37. The lowest BCUT2D eigenvalue weighted by atomic mass is 10.1. The molecule has 0 aliphatic rings. The molecular formula is C8H16N4OS. The van der Waals surface area contributed by atoms with Crippen LogP contribution >= 0.6 is 11.8 Å². The van der Waals surface area contributed by atoms with Crippen molar-refractivity contribution >= 4 is 11.8 Å². The molecule has 0 amide bonds. The minimum atomic E-state index is -0.843. The first-order chi connectivity index (χ1) is 6.46. The Kier molecular flexibility index (Phi) is 3.52. The van der Waals surface area contributed by atoms with Crippen molar-refractivity contribution in [2.24, 2.45) is 12.8 Å². The number of aromatic nitrogens is 3. The number of aliphatic hydroxyl groups is 1. The quantitative estimate of drug-likeness (QED) is 0.689. The Morgan fingerprint density at radius 2 is 2.21 bits per heavy atom. The van der Waals surface area contributed by atoms with E-state index in [1.165, 1.54) is 11.8 Å². The number of hydrogen-bond acceptors (Lipinski definition) is 5. The molecule has 1 heterocycles. The Labute approximate surface area is 87.7 Å². The summed E-state index contributed by atoms with van der Waals surface area (Å²) in [5.74, 6) is 1.38. The van der Waals surface area contributed by atoms with E-state index in [-0.39, 0.29) is 6.54 Å². The molecule has 1 atom stereocenters. The average Bonchev–Trinajstić information content (AvgIpc) is 2.45. The third kappa shape index (κ3) is 2.70. The first-order valence-corrected chi connectivity index (χ1v) is 5.36. The minimum absolute atomic E-state index is 0.247. The summed E-state index contributed by atoms with van der Waals surface area (Å²) >= 11 is 1.46. The van der Waals surface area contributed by atoms with E-state index in [4.69, 9.17) is 5.73 Å². The molecule has 1 unspecified atom stereocenters. The lowest BCUT2D eigenvalue weighted by Crippen LogP contribution is -2.36. The highest BCUT2D eigenvalue weighted by molar-refractivity contribution is 7.99. The molecule has 0 bridgehead atoms. The van der Waals surface area contributed by atoms with Crippen LogP contribution in [0.15, 0.2) is 5.16 Å². The van der Waals surface area contributed by atoms with Crippen LogP contribution in [0.4, 0.5) is 0 Å². The lowest BCUT2D eigenvalue weighted by molar-refractivity contribution is 0.0949. The molecule has 0 saturated carbocycles. The van der Waals surface area contributed by atoms with Crippen molar-refractivity contribution in [2.75, 3.05) is 12.3 Å². The molecule has 0 saturated heterocycles. The second-order valence-corrected chi connectivity index (χ2v) is 4.52. The van der Waals surface area contributed by atoms with Gasteiger partial charge in [-0.15, -0.1) is 10.2 Å². The molecule has 0 aromatic carbocycles. The third-order valence-corrected chi connectivity index (χ3v) is 3.38. The van der Waals surface area contributed by atoms with Crippen LogP contribution in [0.1, 0.15) is 12.7 Å². The Morgan fingerprint density at radius 3 is 2.64 bits per heavy atom. The highest BCUT2D eigenvalue weighted by Gasteiger charge is 2.19.